The highest BCUT2D eigenvalue weighted by atomic mass is 15.2. The highest BCUT2D eigenvalue weighted by molar-refractivity contribution is 5.99. The lowest BCUT2D eigenvalue weighted by Crippen LogP contribution is -2.39. The summed E-state index contributed by atoms with van der Waals surface area (Å²) in [5.41, 5.74) is 9.93. The zero-order valence-electron chi connectivity index (χ0n) is 24.2. The number of nitriles is 2. The van der Waals surface area contributed by atoms with Crippen LogP contribution in [0, 0.1) is 22.7 Å². The Balaban J connectivity index is 1.73. The van der Waals surface area contributed by atoms with Gasteiger partial charge in [-0.25, -0.2) is 0 Å². The Kier molecular flexibility index (Phi) is 5.55. The molecule has 0 radical (unpaired) electrons. The summed E-state index contributed by atoms with van der Waals surface area (Å²) in [5.74, 6) is 0. The van der Waals surface area contributed by atoms with Crippen LogP contribution in [0.25, 0.3) is 0 Å². The molecule has 0 bridgehead atoms. The van der Waals surface area contributed by atoms with Gasteiger partial charge in [0.05, 0.1) is 33.9 Å². The van der Waals surface area contributed by atoms with Gasteiger partial charge in [-0.3, -0.25) is 0 Å². The number of hydrogen-bond donors (Lipinski definition) is 0. The molecule has 2 aliphatic rings. The number of nitrogens with zero attached hydrogens (tertiary/aromatic N) is 4. The van der Waals surface area contributed by atoms with E-state index < -0.39 is 10.8 Å². The van der Waals surface area contributed by atoms with E-state index in [0.717, 1.165) is 45.3 Å². The van der Waals surface area contributed by atoms with Crippen LogP contribution in [-0.2, 0) is 10.8 Å². The number of anilines is 6. The van der Waals surface area contributed by atoms with Crippen LogP contribution >= 0.6 is 0 Å². The van der Waals surface area contributed by atoms with Gasteiger partial charge in [-0.05, 0) is 58.7 Å². The number of hydrogen-bond acceptors (Lipinski definition) is 4. The van der Waals surface area contributed by atoms with Crippen molar-refractivity contribution in [1.29, 1.82) is 10.5 Å². The van der Waals surface area contributed by atoms with E-state index in [1.165, 1.54) is 11.1 Å². The minimum atomic E-state index is -0.465. The Hall–Kier alpha value is -5.32. The molecule has 42 heavy (non-hydrogen) atoms. The summed E-state index contributed by atoms with van der Waals surface area (Å²) in [5, 5.41) is 21.9. The van der Waals surface area contributed by atoms with Gasteiger partial charge >= 0.3 is 0 Å². The van der Waals surface area contributed by atoms with Gasteiger partial charge in [0, 0.05) is 22.2 Å². The van der Waals surface area contributed by atoms with Gasteiger partial charge in [0.15, 0.2) is 0 Å². The number of rotatable bonds is 2. The first-order valence-electron chi connectivity index (χ1n) is 14.3. The summed E-state index contributed by atoms with van der Waals surface area (Å²) in [6.45, 7) is 9.02. The van der Waals surface area contributed by atoms with Crippen molar-refractivity contribution in [1.82, 2.24) is 0 Å². The SMILES string of the molecule is CC1(C)c2ccccc2N(c2ccccc2)c2c(C#N)c(C#N)c3c(c21)C(C)(C)c1ccccc1N3c1ccccc1. The Morgan fingerprint density at radius 1 is 0.476 bits per heavy atom. The van der Waals surface area contributed by atoms with Crippen molar-refractivity contribution in [3.05, 3.63) is 143 Å². The van der Waals surface area contributed by atoms with Crippen molar-refractivity contribution in [2.45, 2.75) is 38.5 Å². The Bertz CT molecular complexity index is 1810. The maximum Gasteiger partial charge on any atom is 0.103 e. The van der Waals surface area contributed by atoms with Crippen LogP contribution in [0.15, 0.2) is 109 Å². The molecule has 4 heteroatoms. The van der Waals surface area contributed by atoms with Gasteiger partial charge in [0.25, 0.3) is 0 Å². The van der Waals surface area contributed by atoms with Crippen molar-refractivity contribution in [3.63, 3.8) is 0 Å². The highest BCUT2D eigenvalue weighted by Crippen LogP contribution is 2.62. The molecule has 0 aliphatic carbocycles. The molecule has 0 aromatic heterocycles. The molecule has 0 saturated carbocycles. The first-order valence-corrected chi connectivity index (χ1v) is 14.3. The second-order valence-electron chi connectivity index (χ2n) is 12.0. The molecule has 0 saturated heterocycles. The van der Waals surface area contributed by atoms with Crippen LogP contribution in [0.3, 0.4) is 0 Å². The summed E-state index contributed by atoms with van der Waals surface area (Å²) in [4.78, 5) is 4.39. The number of para-hydroxylation sites is 4. The molecule has 0 spiro atoms. The third-order valence-corrected chi connectivity index (χ3v) is 9.03. The van der Waals surface area contributed by atoms with E-state index in [9.17, 15) is 10.5 Å². The average molecular weight is 543 g/mol. The Morgan fingerprint density at radius 3 is 1.17 bits per heavy atom. The summed E-state index contributed by atoms with van der Waals surface area (Å²) >= 11 is 0. The van der Waals surface area contributed by atoms with E-state index in [0.29, 0.717) is 11.1 Å². The van der Waals surface area contributed by atoms with Crippen molar-refractivity contribution in [2.24, 2.45) is 0 Å². The van der Waals surface area contributed by atoms with E-state index in [4.69, 9.17) is 0 Å². The summed E-state index contributed by atoms with van der Waals surface area (Å²) in [7, 11) is 0. The molecule has 0 atom stereocenters. The number of fused-ring (bicyclic) bond motifs is 5. The molecule has 4 nitrogen and oxygen atoms in total. The summed E-state index contributed by atoms with van der Waals surface area (Å²) < 4.78 is 0. The first-order chi connectivity index (χ1) is 20.3. The van der Waals surface area contributed by atoms with Gasteiger partial charge in [0.2, 0.25) is 0 Å². The Morgan fingerprint density at radius 2 is 0.810 bits per heavy atom. The third kappa shape index (κ3) is 3.33. The molecule has 7 rings (SSSR count). The number of benzene rings is 5. The van der Waals surface area contributed by atoms with E-state index in [2.05, 4.69) is 110 Å². The predicted molar refractivity (Wildman–Crippen MR) is 169 cm³/mol. The minimum Gasteiger partial charge on any atom is -0.308 e. The topological polar surface area (TPSA) is 54.1 Å². The van der Waals surface area contributed by atoms with Gasteiger partial charge in [-0.1, -0.05) is 100 Å². The van der Waals surface area contributed by atoms with Crippen LogP contribution in [0.5, 0.6) is 0 Å². The normalized spacial score (nSPS) is 15.4. The zero-order valence-corrected chi connectivity index (χ0v) is 24.2. The van der Waals surface area contributed by atoms with Crippen molar-refractivity contribution in [3.8, 4) is 12.1 Å². The summed E-state index contributed by atoms with van der Waals surface area (Å²) in [6.07, 6.45) is 0. The monoisotopic (exact) mass is 542 g/mol. The molecular weight excluding hydrogens is 512 g/mol. The second kappa shape index (κ2) is 9.10. The van der Waals surface area contributed by atoms with Crippen molar-refractivity contribution in [2.75, 3.05) is 9.80 Å². The average Bonchev–Trinajstić information content (AvgIpc) is 3.01. The lowest BCUT2D eigenvalue weighted by atomic mass is 9.62. The van der Waals surface area contributed by atoms with Crippen LogP contribution in [0.2, 0.25) is 0 Å². The quantitative estimate of drug-likeness (QED) is 0.223. The maximum atomic E-state index is 10.9. The molecule has 2 heterocycles. The standard InChI is InChI=1S/C38H30N4/c1-37(2)29-19-11-13-21-31(29)41(25-15-7-5-8-16-25)35-27(23-39)28(24-40)36-34(33(35)37)38(3,4)30-20-12-14-22-32(30)42(36)26-17-9-6-10-18-26/h5-22H,1-4H3. The third-order valence-electron chi connectivity index (χ3n) is 9.03. The van der Waals surface area contributed by atoms with E-state index in [1.807, 2.05) is 48.5 Å². The van der Waals surface area contributed by atoms with Crippen molar-refractivity contribution < 1.29 is 0 Å². The highest BCUT2D eigenvalue weighted by Gasteiger charge is 2.49. The molecular formula is C38H30N4. The predicted octanol–water partition coefficient (Wildman–Crippen LogP) is 9.65. The first kappa shape index (κ1) is 25.6. The fourth-order valence-corrected chi connectivity index (χ4v) is 7.20. The smallest absolute Gasteiger partial charge is 0.103 e. The van der Waals surface area contributed by atoms with Crippen LogP contribution < -0.4 is 9.80 Å². The fraction of sp³-hybridized carbons (Fsp3) is 0.158. The van der Waals surface area contributed by atoms with E-state index >= 15 is 0 Å². The van der Waals surface area contributed by atoms with Gasteiger partial charge in [-0.2, -0.15) is 10.5 Å². The fourth-order valence-electron chi connectivity index (χ4n) is 7.20. The second-order valence-corrected chi connectivity index (χ2v) is 12.0. The molecule has 2 aliphatic heterocycles. The van der Waals surface area contributed by atoms with Crippen LogP contribution in [0.4, 0.5) is 34.1 Å². The Labute approximate surface area is 247 Å². The molecule has 0 fully saturated rings. The minimum absolute atomic E-state index is 0.397. The zero-order chi connectivity index (χ0) is 29.2. The lowest BCUT2D eigenvalue weighted by Gasteiger charge is -2.50. The maximum absolute atomic E-state index is 10.9. The largest absolute Gasteiger partial charge is 0.308 e. The molecule has 5 aromatic carbocycles. The van der Waals surface area contributed by atoms with Crippen LogP contribution in [0.1, 0.15) is 61.1 Å². The van der Waals surface area contributed by atoms with E-state index in [1.54, 1.807) is 0 Å². The summed E-state index contributed by atoms with van der Waals surface area (Å²) in [6, 6.07) is 42.3. The van der Waals surface area contributed by atoms with Crippen LogP contribution in [-0.4, -0.2) is 0 Å². The van der Waals surface area contributed by atoms with Gasteiger partial charge in [0.1, 0.15) is 12.1 Å². The van der Waals surface area contributed by atoms with Crippen molar-refractivity contribution >= 4 is 34.1 Å². The lowest BCUT2D eigenvalue weighted by molar-refractivity contribution is 0.569. The molecule has 5 aromatic rings. The molecule has 202 valence electrons. The van der Waals surface area contributed by atoms with Gasteiger partial charge in [-0.15, -0.1) is 0 Å². The van der Waals surface area contributed by atoms with E-state index in [-0.39, 0.29) is 0 Å². The molecule has 0 N–H and O–H groups in total. The van der Waals surface area contributed by atoms with Gasteiger partial charge < -0.3 is 9.80 Å². The molecule has 0 unspecified atom stereocenters. The molecule has 0 amide bonds.